The van der Waals surface area contributed by atoms with Crippen LogP contribution in [-0.2, 0) is 21.2 Å². The van der Waals surface area contributed by atoms with Crippen molar-refractivity contribution in [3.63, 3.8) is 0 Å². The van der Waals surface area contributed by atoms with Gasteiger partial charge in [-0.1, -0.05) is 30.9 Å². The zero-order chi connectivity index (χ0) is 24.8. The van der Waals surface area contributed by atoms with Gasteiger partial charge in [-0.3, -0.25) is 9.69 Å². The van der Waals surface area contributed by atoms with Gasteiger partial charge < -0.3 is 14.8 Å². The summed E-state index contributed by atoms with van der Waals surface area (Å²) in [7, 11) is -1.42. The molecule has 2 aromatic carbocycles. The summed E-state index contributed by atoms with van der Waals surface area (Å²) < 4.78 is 34.9. The van der Waals surface area contributed by atoms with Crippen LogP contribution in [0, 0.1) is 0 Å². The average Bonchev–Trinajstić information content (AvgIpc) is 3.40. The van der Waals surface area contributed by atoms with Crippen molar-refractivity contribution in [3.8, 4) is 11.5 Å². The van der Waals surface area contributed by atoms with Crippen LogP contribution >= 0.6 is 11.8 Å². The number of rotatable bonds is 10. The van der Waals surface area contributed by atoms with E-state index < -0.39 is 9.84 Å². The Hall–Kier alpha value is -2.49. The monoisotopic (exact) mass is 516 g/mol. The summed E-state index contributed by atoms with van der Waals surface area (Å²) in [5.41, 5.74) is 1.01. The molecule has 0 radical (unpaired) electrons. The van der Waals surface area contributed by atoms with E-state index in [4.69, 9.17) is 9.47 Å². The van der Waals surface area contributed by atoms with Crippen molar-refractivity contribution < 1.29 is 22.7 Å². The Morgan fingerprint density at radius 3 is 2.69 bits per heavy atom. The summed E-state index contributed by atoms with van der Waals surface area (Å²) in [5.74, 6) is 1.64. The van der Waals surface area contributed by atoms with Gasteiger partial charge in [-0.2, -0.15) is 0 Å². The second-order valence-corrected chi connectivity index (χ2v) is 12.5. The molecule has 188 valence electrons. The smallest absolute Gasteiger partial charge is 0.237 e. The van der Waals surface area contributed by atoms with Gasteiger partial charge in [-0.25, -0.2) is 8.42 Å². The van der Waals surface area contributed by atoms with Crippen molar-refractivity contribution in [2.45, 2.75) is 41.6 Å². The molecule has 0 saturated carbocycles. The Kier molecular flexibility index (Phi) is 8.41. The number of hydrogen-bond donors (Lipinski definition) is 1. The third-order valence-corrected chi connectivity index (χ3v) is 9.30. The average molecular weight is 517 g/mol. The summed E-state index contributed by atoms with van der Waals surface area (Å²) in [6.45, 7) is 5.42. The molecule has 1 amide bonds. The van der Waals surface area contributed by atoms with Crippen molar-refractivity contribution in [2.24, 2.45) is 0 Å². The highest BCUT2D eigenvalue weighted by molar-refractivity contribution is 8.00. The number of para-hydroxylation sites is 1. The van der Waals surface area contributed by atoms with E-state index in [1.807, 2.05) is 48.5 Å². The molecule has 9 heteroatoms. The summed E-state index contributed by atoms with van der Waals surface area (Å²) in [4.78, 5) is 16.6. The number of hydrogen-bond acceptors (Lipinski definition) is 7. The molecule has 2 saturated heterocycles. The van der Waals surface area contributed by atoms with Gasteiger partial charge in [-0.05, 0) is 43.2 Å². The van der Waals surface area contributed by atoms with Crippen LogP contribution in [0.15, 0.2) is 66.1 Å². The van der Waals surface area contributed by atoms with Crippen LogP contribution in [0.2, 0.25) is 0 Å². The Morgan fingerprint density at radius 2 is 2.00 bits per heavy atom. The molecule has 7 nitrogen and oxygen atoms in total. The molecule has 0 unspecified atom stereocenters. The summed E-state index contributed by atoms with van der Waals surface area (Å²) in [6, 6.07) is 15.1. The standard InChI is InChI=1S/C26H32N2O5S2/c1-3-13-33-25-7-5-4-6-19(25)16-28-17-23(34-22-10-8-21(32-2)9-11-22)15-24(28)26(29)27-20-12-14-35(30,31)18-20/h3-11,20,23-24H,1,12-18H2,2H3,(H,27,29)/t20-,23+,24-/m0/s1. The van der Waals surface area contributed by atoms with Crippen LogP contribution in [0.4, 0.5) is 0 Å². The maximum absolute atomic E-state index is 13.3. The number of nitrogens with one attached hydrogen (secondary N) is 1. The molecule has 0 aliphatic carbocycles. The van der Waals surface area contributed by atoms with E-state index in [9.17, 15) is 13.2 Å². The first-order valence-corrected chi connectivity index (χ1v) is 14.4. The van der Waals surface area contributed by atoms with E-state index in [0.29, 0.717) is 26.0 Å². The quantitative estimate of drug-likeness (QED) is 0.485. The normalized spacial score (nSPS) is 23.6. The van der Waals surface area contributed by atoms with Crippen molar-refractivity contribution in [3.05, 3.63) is 66.7 Å². The Balaban J connectivity index is 1.50. The van der Waals surface area contributed by atoms with Gasteiger partial charge in [0.1, 0.15) is 18.1 Å². The molecule has 2 heterocycles. The summed E-state index contributed by atoms with van der Waals surface area (Å²) >= 11 is 1.75. The predicted molar refractivity (Wildman–Crippen MR) is 139 cm³/mol. The Morgan fingerprint density at radius 1 is 1.23 bits per heavy atom. The fraction of sp³-hybridized carbons (Fsp3) is 0.423. The van der Waals surface area contributed by atoms with E-state index in [-0.39, 0.29) is 34.7 Å². The summed E-state index contributed by atoms with van der Waals surface area (Å²) in [5, 5.41) is 3.23. The maximum atomic E-state index is 13.3. The van der Waals surface area contributed by atoms with Crippen LogP contribution in [-0.4, -0.2) is 68.3 Å². The molecule has 2 fully saturated rings. The Bertz CT molecular complexity index is 1140. The number of ether oxygens (including phenoxy) is 2. The molecule has 1 N–H and O–H groups in total. The lowest BCUT2D eigenvalue weighted by atomic mass is 10.1. The number of methoxy groups -OCH3 is 1. The fourth-order valence-electron chi connectivity index (χ4n) is 4.59. The molecule has 35 heavy (non-hydrogen) atoms. The highest BCUT2D eigenvalue weighted by atomic mass is 32.2. The van der Waals surface area contributed by atoms with Crippen LogP contribution in [0.25, 0.3) is 0 Å². The molecule has 4 rings (SSSR count). The van der Waals surface area contributed by atoms with Crippen LogP contribution in [0.5, 0.6) is 11.5 Å². The van der Waals surface area contributed by atoms with Crippen LogP contribution in [0.1, 0.15) is 18.4 Å². The number of amides is 1. The number of benzene rings is 2. The minimum absolute atomic E-state index is 0.0215. The van der Waals surface area contributed by atoms with E-state index in [0.717, 1.165) is 28.5 Å². The molecule has 2 aromatic rings. The Labute approximate surface area is 211 Å². The summed E-state index contributed by atoms with van der Waals surface area (Å²) in [6.07, 6.45) is 2.86. The third kappa shape index (κ3) is 6.80. The molecule has 2 aliphatic heterocycles. The van der Waals surface area contributed by atoms with Crippen molar-refractivity contribution in [2.75, 3.05) is 31.8 Å². The van der Waals surface area contributed by atoms with Crippen LogP contribution in [0.3, 0.4) is 0 Å². The van der Waals surface area contributed by atoms with Crippen LogP contribution < -0.4 is 14.8 Å². The highest BCUT2D eigenvalue weighted by Gasteiger charge is 2.39. The molecule has 0 aromatic heterocycles. The first-order valence-electron chi connectivity index (χ1n) is 11.7. The topological polar surface area (TPSA) is 84.9 Å². The zero-order valence-corrected chi connectivity index (χ0v) is 21.5. The van der Waals surface area contributed by atoms with E-state index in [1.54, 1.807) is 24.9 Å². The minimum Gasteiger partial charge on any atom is -0.497 e. The van der Waals surface area contributed by atoms with Gasteiger partial charge in [0.25, 0.3) is 0 Å². The van der Waals surface area contributed by atoms with E-state index in [1.165, 1.54) is 0 Å². The lowest BCUT2D eigenvalue weighted by molar-refractivity contribution is -0.126. The zero-order valence-electron chi connectivity index (χ0n) is 19.9. The number of nitrogens with zero attached hydrogens (tertiary/aromatic N) is 1. The van der Waals surface area contributed by atoms with Crippen molar-refractivity contribution in [1.82, 2.24) is 10.2 Å². The first-order chi connectivity index (χ1) is 16.9. The third-order valence-electron chi connectivity index (χ3n) is 6.31. The maximum Gasteiger partial charge on any atom is 0.237 e. The van der Waals surface area contributed by atoms with Gasteiger partial charge in [-0.15, -0.1) is 11.8 Å². The lowest BCUT2D eigenvalue weighted by Gasteiger charge is -2.25. The number of thioether (sulfide) groups is 1. The molecule has 0 bridgehead atoms. The van der Waals surface area contributed by atoms with Gasteiger partial charge in [0.2, 0.25) is 5.91 Å². The fourth-order valence-corrected chi connectivity index (χ4v) is 7.49. The minimum atomic E-state index is -3.07. The van der Waals surface area contributed by atoms with Gasteiger partial charge in [0, 0.05) is 34.8 Å². The van der Waals surface area contributed by atoms with E-state index in [2.05, 4.69) is 16.8 Å². The molecular weight excluding hydrogens is 484 g/mol. The lowest BCUT2D eigenvalue weighted by Crippen LogP contribution is -2.47. The van der Waals surface area contributed by atoms with Gasteiger partial charge in [0.05, 0.1) is 24.7 Å². The van der Waals surface area contributed by atoms with Crippen molar-refractivity contribution in [1.29, 1.82) is 0 Å². The first kappa shape index (κ1) is 25.6. The predicted octanol–water partition coefficient (Wildman–Crippen LogP) is 3.30. The molecular formula is C26H32N2O5S2. The molecule has 2 aliphatic rings. The largest absolute Gasteiger partial charge is 0.497 e. The number of carbonyl (C=O) groups excluding carboxylic acids is 1. The molecule has 0 spiro atoms. The number of carbonyl (C=O) groups is 1. The SMILES string of the molecule is C=CCOc1ccccc1CN1C[C@H](Sc2ccc(OC)cc2)C[C@H]1C(=O)N[C@H]1CCS(=O)(=O)C1. The van der Waals surface area contributed by atoms with Crippen molar-refractivity contribution >= 4 is 27.5 Å². The second-order valence-electron chi connectivity index (χ2n) is 8.91. The highest BCUT2D eigenvalue weighted by Crippen LogP contribution is 2.35. The number of sulfone groups is 1. The number of likely N-dealkylation sites (tertiary alicyclic amines) is 1. The second kappa shape index (κ2) is 11.5. The molecule has 3 atom stereocenters. The van der Waals surface area contributed by atoms with E-state index >= 15 is 0 Å². The van der Waals surface area contributed by atoms with Gasteiger partial charge >= 0.3 is 0 Å². The van der Waals surface area contributed by atoms with Gasteiger partial charge in [0.15, 0.2) is 9.84 Å².